The first-order valence-electron chi connectivity index (χ1n) is 6.83. The van der Waals surface area contributed by atoms with Gasteiger partial charge in [-0.05, 0) is 43.4 Å². The lowest BCUT2D eigenvalue weighted by Gasteiger charge is -2.16. The molecule has 4 heteroatoms. The number of ether oxygens (including phenoxy) is 3. The molecule has 1 aliphatic rings. The van der Waals surface area contributed by atoms with E-state index in [1.54, 1.807) is 14.2 Å². The van der Waals surface area contributed by atoms with Crippen LogP contribution < -0.4 is 15.2 Å². The lowest BCUT2D eigenvalue weighted by molar-refractivity contribution is 0.101. The summed E-state index contributed by atoms with van der Waals surface area (Å²) in [6.45, 7) is 0.899. The third-order valence-electron chi connectivity index (χ3n) is 3.66. The number of benzene rings is 1. The van der Waals surface area contributed by atoms with Crippen molar-refractivity contribution in [2.45, 2.75) is 37.8 Å². The molecular weight excluding hydrogens is 242 g/mol. The highest BCUT2D eigenvalue weighted by Crippen LogP contribution is 2.31. The molecule has 0 bridgehead atoms. The first kappa shape index (κ1) is 14.2. The average molecular weight is 265 g/mol. The zero-order valence-corrected chi connectivity index (χ0v) is 11.7. The summed E-state index contributed by atoms with van der Waals surface area (Å²) >= 11 is 0. The number of nitrogens with two attached hydrogens (primary N) is 1. The zero-order chi connectivity index (χ0) is 13.7. The minimum atomic E-state index is 0.0176. The molecule has 19 heavy (non-hydrogen) atoms. The minimum Gasteiger partial charge on any atom is -0.493 e. The highest BCUT2D eigenvalue weighted by molar-refractivity contribution is 5.43. The van der Waals surface area contributed by atoms with Gasteiger partial charge in [-0.15, -0.1) is 0 Å². The summed E-state index contributed by atoms with van der Waals surface area (Å²) in [6, 6.07) is 5.88. The van der Waals surface area contributed by atoms with Gasteiger partial charge in [-0.1, -0.05) is 6.07 Å². The van der Waals surface area contributed by atoms with Gasteiger partial charge in [0, 0.05) is 12.6 Å². The quantitative estimate of drug-likeness (QED) is 0.859. The Labute approximate surface area is 114 Å². The molecule has 1 aliphatic heterocycles. The maximum absolute atomic E-state index is 6.24. The molecule has 0 radical (unpaired) electrons. The van der Waals surface area contributed by atoms with E-state index in [2.05, 4.69) is 0 Å². The summed E-state index contributed by atoms with van der Waals surface area (Å²) in [4.78, 5) is 0. The van der Waals surface area contributed by atoms with Crippen molar-refractivity contribution in [2.24, 2.45) is 5.73 Å². The molecule has 2 N–H and O–H groups in total. The molecule has 0 amide bonds. The SMILES string of the molecule is COc1ccc(C(N)CCC2CCCO2)cc1OC. The van der Waals surface area contributed by atoms with Crippen LogP contribution >= 0.6 is 0 Å². The minimum absolute atomic E-state index is 0.0176. The van der Waals surface area contributed by atoms with Crippen molar-refractivity contribution in [1.29, 1.82) is 0 Å². The fraction of sp³-hybridized carbons (Fsp3) is 0.600. The molecule has 2 atom stereocenters. The second-order valence-electron chi connectivity index (χ2n) is 4.93. The molecule has 2 unspecified atom stereocenters. The molecule has 4 nitrogen and oxygen atoms in total. The van der Waals surface area contributed by atoms with Crippen LogP contribution in [0.1, 0.15) is 37.3 Å². The van der Waals surface area contributed by atoms with E-state index in [1.807, 2.05) is 18.2 Å². The highest BCUT2D eigenvalue weighted by atomic mass is 16.5. The van der Waals surface area contributed by atoms with E-state index in [-0.39, 0.29) is 6.04 Å². The summed E-state index contributed by atoms with van der Waals surface area (Å²) in [5.74, 6) is 1.46. The number of methoxy groups -OCH3 is 2. The lowest BCUT2D eigenvalue weighted by atomic mass is 9.99. The zero-order valence-electron chi connectivity index (χ0n) is 11.7. The van der Waals surface area contributed by atoms with Crippen molar-refractivity contribution >= 4 is 0 Å². The van der Waals surface area contributed by atoms with Gasteiger partial charge < -0.3 is 19.9 Å². The fourth-order valence-electron chi connectivity index (χ4n) is 2.49. The van der Waals surface area contributed by atoms with E-state index in [1.165, 1.54) is 12.8 Å². The number of hydrogen-bond acceptors (Lipinski definition) is 4. The Hall–Kier alpha value is -1.26. The predicted molar refractivity (Wildman–Crippen MR) is 74.7 cm³/mol. The Morgan fingerprint density at radius 1 is 1.32 bits per heavy atom. The normalized spacial score (nSPS) is 20.3. The molecule has 1 aromatic carbocycles. The summed E-state index contributed by atoms with van der Waals surface area (Å²) in [5.41, 5.74) is 7.32. The van der Waals surface area contributed by atoms with E-state index in [0.29, 0.717) is 6.10 Å². The van der Waals surface area contributed by atoms with Gasteiger partial charge in [0.05, 0.1) is 20.3 Å². The standard InChI is InChI=1S/C15H23NO3/c1-17-14-8-5-11(10-15(14)18-2)13(16)7-6-12-4-3-9-19-12/h5,8,10,12-13H,3-4,6-7,9,16H2,1-2H3. The summed E-state index contributed by atoms with van der Waals surface area (Å²) < 4.78 is 16.1. The van der Waals surface area contributed by atoms with Gasteiger partial charge in [0.1, 0.15) is 0 Å². The van der Waals surface area contributed by atoms with Crippen LogP contribution in [0.15, 0.2) is 18.2 Å². The van der Waals surface area contributed by atoms with Crippen LogP contribution in [-0.2, 0) is 4.74 Å². The van der Waals surface area contributed by atoms with Gasteiger partial charge in [-0.2, -0.15) is 0 Å². The van der Waals surface area contributed by atoms with Crippen molar-refractivity contribution < 1.29 is 14.2 Å². The van der Waals surface area contributed by atoms with E-state index in [9.17, 15) is 0 Å². The molecule has 1 aromatic rings. The Balaban J connectivity index is 1.95. The van der Waals surface area contributed by atoms with E-state index in [0.717, 1.165) is 36.5 Å². The van der Waals surface area contributed by atoms with Crippen LogP contribution in [0, 0.1) is 0 Å². The van der Waals surface area contributed by atoms with Crippen molar-refractivity contribution in [3.63, 3.8) is 0 Å². The van der Waals surface area contributed by atoms with Crippen molar-refractivity contribution in [2.75, 3.05) is 20.8 Å². The first-order valence-corrected chi connectivity index (χ1v) is 6.83. The fourth-order valence-corrected chi connectivity index (χ4v) is 2.49. The van der Waals surface area contributed by atoms with Gasteiger partial charge >= 0.3 is 0 Å². The molecule has 0 aromatic heterocycles. The first-order chi connectivity index (χ1) is 9.24. The summed E-state index contributed by atoms with van der Waals surface area (Å²) in [5, 5.41) is 0. The van der Waals surface area contributed by atoms with Crippen LogP contribution in [0.3, 0.4) is 0 Å². The molecule has 1 heterocycles. The van der Waals surface area contributed by atoms with E-state index in [4.69, 9.17) is 19.9 Å². The maximum atomic E-state index is 6.24. The molecule has 0 spiro atoms. The molecule has 1 fully saturated rings. The molecule has 106 valence electrons. The lowest BCUT2D eigenvalue weighted by Crippen LogP contribution is -2.14. The largest absolute Gasteiger partial charge is 0.493 e. The van der Waals surface area contributed by atoms with Crippen molar-refractivity contribution in [3.8, 4) is 11.5 Å². The molecule has 0 aliphatic carbocycles. The number of hydrogen-bond donors (Lipinski definition) is 1. The monoisotopic (exact) mass is 265 g/mol. The highest BCUT2D eigenvalue weighted by Gasteiger charge is 2.17. The van der Waals surface area contributed by atoms with Gasteiger partial charge in [-0.25, -0.2) is 0 Å². The molecule has 1 saturated heterocycles. The Morgan fingerprint density at radius 2 is 2.11 bits per heavy atom. The molecular formula is C15H23NO3. The van der Waals surface area contributed by atoms with Crippen LogP contribution in [0.2, 0.25) is 0 Å². The molecule has 2 rings (SSSR count). The van der Waals surface area contributed by atoms with Gasteiger partial charge in [0.25, 0.3) is 0 Å². The Morgan fingerprint density at radius 3 is 2.74 bits per heavy atom. The van der Waals surface area contributed by atoms with Crippen molar-refractivity contribution in [3.05, 3.63) is 23.8 Å². The topological polar surface area (TPSA) is 53.7 Å². The Bertz CT molecular complexity index is 402. The van der Waals surface area contributed by atoms with Crippen LogP contribution in [0.5, 0.6) is 11.5 Å². The summed E-state index contributed by atoms with van der Waals surface area (Å²) in [7, 11) is 3.27. The number of rotatable bonds is 6. The third-order valence-corrected chi connectivity index (χ3v) is 3.66. The van der Waals surface area contributed by atoms with E-state index >= 15 is 0 Å². The Kier molecular flexibility index (Phi) is 5.05. The smallest absolute Gasteiger partial charge is 0.161 e. The van der Waals surface area contributed by atoms with Gasteiger partial charge in [0.15, 0.2) is 11.5 Å². The van der Waals surface area contributed by atoms with Crippen LogP contribution in [0.25, 0.3) is 0 Å². The van der Waals surface area contributed by atoms with Gasteiger partial charge in [0.2, 0.25) is 0 Å². The van der Waals surface area contributed by atoms with E-state index < -0.39 is 0 Å². The average Bonchev–Trinajstić information content (AvgIpc) is 2.97. The maximum Gasteiger partial charge on any atom is 0.161 e. The predicted octanol–water partition coefficient (Wildman–Crippen LogP) is 2.66. The third kappa shape index (κ3) is 3.61. The molecule has 0 saturated carbocycles. The second kappa shape index (κ2) is 6.78. The van der Waals surface area contributed by atoms with Crippen LogP contribution in [-0.4, -0.2) is 26.9 Å². The van der Waals surface area contributed by atoms with Gasteiger partial charge in [-0.3, -0.25) is 0 Å². The second-order valence-corrected chi connectivity index (χ2v) is 4.93. The van der Waals surface area contributed by atoms with Crippen molar-refractivity contribution in [1.82, 2.24) is 0 Å². The summed E-state index contributed by atoms with van der Waals surface area (Å²) in [6.07, 6.45) is 4.69. The van der Waals surface area contributed by atoms with Crippen LogP contribution in [0.4, 0.5) is 0 Å².